The Morgan fingerprint density at radius 2 is 2.00 bits per heavy atom. The lowest BCUT2D eigenvalue weighted by Crippen LogP contribution is -1.97. The van der Waals surface area contributed by atoms with Crippen LogP contribution in [0.25, 0.3) is 16.8 Å². The summed E-state index contributed by atoms with van der Waals surface area (Å²) in [5.74, 6) is 0.809. The van der Waals surface area contributed by atoms with Crippen molar-refractivity contribution >= 4 is 0 Å². The van der Waals surface area contributed by atoms with Gasteiger partial charge in [-0.2, -0.15) is 5.10 Å². The van der Waals surface area contributed by atoms with Crippen molar-refractivity contribution in [1.82, 2.24) is 14.8 Å². The van der Waals surface area contributed by atoms with Crippen molar-refractivity contribution in [2.24, 2.45) is 0 Å². The molecule has 0 saturated heterocycles. The molecule has 0 spiro atoms. The Labute approximate surface area is 124 Å². The van der Waals surface area contributed by atoms with E-state index in [4.69, 9.17) is 4.74 Å². The summed E-state index contributed by atoms with van der Waals surface area (Å²) in [6.07, 6.45) is 4.20. The topological polar surface area (TPSA) is 39.9 Å². The van der Waals surface area contributed by atoms with E-state index in [1.54, 1.807) is 18.1 Å². The second-order valence-corrected chi connectivity index (χ2v) is 4.77. The Morgan fingerprint density at radius 1 is 1.14 bits per heavy atom. The Bertz CT molecular complexity index is 736. The molecule has 21 heavy (non-hydrogen) atoms. The second kappa shape index (κ2) is 5.79. The average Bonchev–Trinajstić information content (AvgIpc) is 3.09. The monoisotopic (exact) mass is 279 g/mol. The summed E-state index contributed by atoms with van der Waals surface area (Å²) >= 11 is 0. The molecule has 0 N–H and O–H groups in total. The molecule has 3 rings (SSSR count). The van der Waals surface area contributed by atoms with Gasteiger partial charge in [0.15, 0.2) is 0 Å². The lowest BCUT2D eigenvalue weighted by molar-refractivity contribution is 0.414. The van der Waals surface area contributed by atoms with Gasteiger partial charge >= 0.3 is 0 Å². The van der Waals surface area contributed by atoms with E-state index in [0.29, 0.717) is 0 Å². The third kappa shape index (κ3) is 2.65. The summed E-state index contributed by atoms with van der Waals surface area (Å²) in [4.78, 5) is 4.00. The molecule has 0 unspecified atom stereocenters. The molecule has 4 nitrogen and oxygen atoms in total. The smallest absolute Gasteiger partial charge is 0.138 e. The highest BCUT2D eigenvalue weighted by atomic mass is 16.5. The van der Waals surface area contributed by atoms with E-state index in [2.05, 4.69) is 53.4 Å². The predicted molar refractivity (Wildman–Crippen MR) is 82.7 cm³/mol. The van der Waals surface area contributed by atoms with Crippen molar-refractivity contribution in [3.8, 4) is 22.6 Å². The first-order valence-electron chi connectivity index (χ1n) is 6.94. The highest BCUT2D eigenvalue weighted by molar-refractivity contribution is 5.71. The third-order valence-electron chi connectivity index (χ3n) is 3.52. The molecule has 0 aliphatic rings. The van der Waals surface area contributed by atoms with Gasteiger partial charge in [-0.15, -0.1) is 0 Å². The fourth-order valence-electron chi connectivity index (χ4n) is 2.44. The maximum absolute atomic E-state index is 5.43. The summed E-state index contributed by atoms with van der Waals surface area (Å²) in [6, 6.07) is 14.5. The van der Waals surface area contributed by atoms with Crippen LogP contribution in [0.3, 0.4) is 0 Å². The first kappa shape index (κ1) is 13.4. The first-order chi connectivity index (χ1) is 10.3. The predicted octanol–water partition coefficient (Wildman–Crippen LogP) is 3.51. The standard InChI is InChI=1S/C17H17N3O/c1-3-13-6-4-5-7-17(13)14-8-15(10-16(9-14)21-2)20-12-18-11-19-20/h4-12H,3H2,1-2H3. The summed E-state index contributed by atoms with van der Waals surface area (Å²) in [5.41, 5.74) is 4.60. The van der Waals surface area contributed by atoms with Crippen LogP contribution in [-0.4, -0.2) is 21.9 Å². The van der Waals surface area contributed by atoms with Crippen molar-refractivity contribution in [3.05, 3.63) is 60.7 Å². The molecule has 0 saturated carbocycles. The summed E-state index contributed by atoms with van der Waals surface area (Å²) in [5, 5.41) is 4.19. The van der Waals surface area contributed by atoms with E-state index in [1.165, 1.54) is 17.5 Å². The number of aromatic nitrogens is 3. The van der Waals surface area contributed by atoms with Gasteiger partial charge < -0.3 is 4.74 Å². The van der Waals surface area contributed by atoms with Crippen LogP contribution in [0.1, 0.15) is 12.5 Å². The number of ether oxygens (including phenoxy) is 1. The van der Waals surface area contributed by atoms with Crippen LogP contribution >= 0.6 is 0 Å². The average molecular weight is 279 g/mol. The fourth-order valence-corrected chi connectivity index (χ4v) is 2.44. The molecule has 106 valence electrons. The number of aryl methyl sites for hydroxylation is 1. The summed E-state index contributed by atoms with van der Waals surface area (Å²) in [7, 11) is 1.68. The van der Waals surface area contributed by atoms with E-state index in [1.807, 2.05) is 6.07 Å². The minimum atomic E-state index is 0.809. The molecule has 4 heteroatoms. The Balaban J connectivity index is 2.16. The minimum absolute atomic E-state index is 0.809. The summed E-state index contributed by atoms with van der Waals surface area (Å²) < 4.78 is 7.16. The van der Waals surface area contributed by atoms with Crippen LogP contribution in [0.5, 0.6) is 5.75 Å². The summed E-state index contributed by atoms with van der Waals surface area (Å²) in [6.45, 7) is 2.16. The zero-order valence-corrected chi connectivity index (χ0v) is 12.2. The van der Waals surface area contributed by atoms with Gasteiger partial charge in [0.25, 0.3) is 0 Å². The van der Waals surface area contributed by atoms with Crippen LogP contribution in [-0.2, 0) is 6.42 Å². The zero-order chi connectivity index (χ0) is 14.7. The molecule has 2 aromatic carbocycles. The normalized spacial score (nSPS) is 10.6. The molecule has 3 aromatic rings. The number of hydrogen-bond donors (Lipinski definition) is 0. The molecular weight excluding hydrogens is 262 g/mol. The fraction of sp³-hybridized carbons (Fsp3) is 0.176. The van der Waals surface area contributed by atoms with Crippen LogP contribution in [0.15, 0.2) is 55.1 Å². The van der Waals surface area contributed by atoms with Gasteiger partial charge in [0.1, 0.15) is 18.4 Å². The van der Waals surface area contributed by atoms with Crippen LogP contribution < -0.4 is 4.74 Å². The number of hydrogen-bond acceptors (Lipinski definition) is 3. The number of methoxy groups -OCH3 is 1. The van der Waals surface area contributed by atoms with E-state index in [9.17, 15) is 0 Å². The number of nitrogens with zero attached hydrogens (tertiary/aromatic N) is 3. The van der Waals surface area contributed by atoms with Crippen LogP contribution in [0.2, 0.25) is 0 Å². The van der Waals surface area contributed by atoms with Crippen molar-refractivity contribution < 1.29 is 4.74 Å². The molecule has 0 fully saturated rings. The number of benzene rings is 2. The lowest BCUT2D eigenvalue weighted by atomic mass is 9.97. The quantitative estimate of drug-likeness (QED) is 0.733. The SMILES string of the molecule is CCc1ccccc1-c1cc(OC)cc(-n2cncn2)c1. The third-order valence-corrected chi connectivity index (χ3v) is 3.52. The van der Waals surface area contributed by atoms with Gasteiger partial charge in [-0.25, -0.2) is 9.67 Å². The van der Waals surface area contributed by atoms with Crippen molar-refractivity contribution in [3.63, 3.8) is 0 Å². The van der Waals surface area contributed by atoms with E-state index in [-0.39, 0.29) is 0 Å². The van der Waals surface area contributed by atoms with Gasteiger partial charge in [0.05, 0.1) is 12.8 Å². The first-order valence-corrected chi connectivity index (χ1v) is 6.94. The molecule has 0 amide bonds. The Morgan fingerprint density at radius 3 is 2.71 bits per heavy atom. The second-order valence-electron chi connectivity index (χ2n) is 4.77. The molecule has 0 bridgehead atoms. The van der Waals surface area contributed by atoms with Crippen LogP contribution in [0.4, 0.5) is 0 Å². The number of rotatable bonds is 4. The Kier molecular flexibility index (Phi) is 3.69. The maximum atomic E-state index is 5.43. The maximum Gasteiger partial charge on any atom is 0.138 e. The van der Waals surface area contributed by atoms with Gasteiger partial charge in [-0.3, -0.25) is 0 Å². The van der Waals surface area contributed by atoms with E-state index < -0.39 is 0 Å². The van der Waals surface area contributed by atoms with E-state index in [0.717, 1.165) is 23.4 Å². The van der Waals surface area contributed by atoms with Crippen molar-refractivity contribution in [2.45, 2.75) is 13.3 Å². The van der Waals surface area contributed by atoms with Crippen molar-refractivity contribution in [1.29, 1.82) is 0 Å². The van der Waals surface area contributed by atoms with Gasteiger partial charge in [0.2, 0.25) is 0 Å². The van der Waals surface area contributed by atoms with Crippen LogP contribution in [0, 0.1) is 0 Å². The minimum Gasteiger partial charge on any atom is -0.497 e. The Hall–Kier alpha value is -2.62. The molecule has 0 radical (unpaired) electrons. The van der Waals surface area contributed by atoms with Gasteiger partial charge in [-0.05, 0) is 35.2 Å². The van der Waals surface area contributed by atoms with Crippen molar-refractivity contribution in [2.75, 3.05) is 7.11 Å². The molecule has 1 aromatic heterocycles. The van der Waals surface area contributed by atoms with E-state index >= 15 is 0 Å². The van der Waals surface area contributed by atoms with Gasteiger partial charge in [0, 0.05) is 6.07 Å². The molecule has 1 heterocycles. The molecule has 0 aliphatic carbocycles. The highest BCUT2D eigenvalue weighted by Crippen LogP contribution is 2.30. The highest BCUT2D eigenvalue weighted by Gasteiger charge is 2.08. The molecule has 0 aliphatic heterocycles. The lowest BCUT2D eigenvalue weighted by Gasteiger charge is -2.12. The zero-order valence-electron chi connectivity index (χ0n) is 12.2. The van der Waals surface area contributed by atoms with Gasteiger partial charge in [-0.1, -0.05) is 31.2 Å². The largest absolute Gasteiger partial charge is 0.497 e. The molecular formula is C17H17N3O. The molecule has 0 atom stereocenters.